The molecule has 5 heteroatoms. The molecule has 1 aliphatic carbocycles. The minimum absolute atomic E-state index is 0.344. The van der Waals surface area contributed by atoms with Crippen molar-refractivity contribution in [2.45, 2.75) is 38.6 Å². The molecule has 1 heterocycles. The summed E-state index contributed by atoms with van der Waals surface area (Å²) in [5.41, 5.74) is 2.60. The maximum atomic E-state index is 5.33. The molecule has 2 N–H and O–H groups in total. The maximum absolute atomic E-state index is 5.33. The second kappa shape index (κ2) is 8.99. The summed E-state index contributed by atoms with van der Waals surface area (Å²) in [6, 6.07) is 10.3. The van der Waals surface area contributed by atoms with Crippen molar-refractivity contribution < 1.29 is 4.74 Å². The fourth-order valence-electron chi connectivity index (χ4n) is 3.94. The van der Waals surface area contributed by atoms with Crippen molar-refractivity contribution in [1.29, 1.82) is 0 Å². The number of hydrogen-bond donors (Lipinski definition) is 2. The predicted octanol–water partition coefficient (Wildman–Crippen LogP) is 3.50. The van der Waals surface area contributed by atoms with Crippen LogP contribution in [0.1, 0.15) is 37.7 Å². The average Bonchev–Trinajstić information content (AvgIpc) is 3.16. The lowest BCUT2D eigenvalue weighted by Gasteiger charge is -2.30. The quantitative estimate of drug-likeness (QED) is 0.590. The van der Waals surface area contributed by atoms with Crippen molar-refractivity contribution in [1.82, 2.24) is 15.6 Å². The Morgan fingerprint density at radius 3 is 2.77 bits per heavy atom. The van der Waals surface area contributed by atoms with Crippen molar-refractivity contribution in [2.24, 2.45) is 10.4 Å². The Hall–Kier alpha value is -2.14. The third-order valence-electron chi connectivity index (χ3n) is 5.54. The largest absolute Gasteiger partial charge is 0.385 e. The first-order chi connectivity index (χ1) is 12.8. The van der Waals surface area contributed by atoms with Crippen LogP contribution in [-0.4, -0.2) is 38.3 Å². The van der Waals surface area contributed by atoms with Crippen LogP contribution in [0.25, 0.3) is 10.9 Å². The number of benzene rings is 1. The molecule has 3 rings (SSSR count). The van der Waals surface area contributed by atoms with E-state index in [0.29, 0.717) is 5.41 Å². The molecule has 0 saturated heterocycles. The van der Waals surface area contributed by atoms with Crippen LogP contribution in [0.4, 0.5) is 0 Å². The van der Waals surface area contributed by atoms with Crippen LogP contribution < -0.4 is 10.6 Å². The van der Waals surface area contributed by atoms with E-state index in [2.05, 4.69) is 38.8 Å². The van der Waals surface area contributed by atoms with Gasteiger partial charge in [0, 0.05) is 45.4 Å². The fourth-order valence-corrected chi connectivity index (χ4v) is 3.94. The Morgan fingerprint density at radius 1 is 1.19 bits per heavy atom. The van der Waals surface area contributed by atoms with Crippen LogP contribution in [0, 0.1) is 5.41 Å². The van der Waals surface area contributed by atoms with E-state index in [0.717, 1.165) is 37.6 Å². The molecule has 5 nitrogen and oxygen atoms in total. The van der Waals surface area contributed by atoms with E-state index in [4.69, 9.17) is 4.74 Å². The number of aromatic nitrogens is 1. The molecule has 1 fully saturated rings. The molecule has 0 amide bonds. The number of hydrogen-bond acceptors (Lipinski definition) is 3. The standard InChI is InChI=1S/C21H30N4O/c1-22-20(25-16-21(12-14-26-2)10-5-6-11-21)24-15-17-9-13-23-19-8-4-3-7-18(17)19/h3-4,7-9,13H,5-6,10-12,14-16H2,1-2H3,(H2,22,24,25). The molecule has 2 aromatic rings. The summed E-state index contributed by atoms with van der Waals surface area (Å²) in [6.07, 6.45) is 8.17. The SMILES string of the molecule is CN=C(NCc1ccnc2ccccc12)NCC1(CCOC)CCCC1. The van der Waals surface area contributed by atoms with Gasteiger partial charge < -0.3 is 15.4 Å². The molecule has 0 aliphatic heterocycles. The molecule has 26 heavy (non-hydrogen) atoms. The molecule has 1 aromatic heterocycles. The van der Waals surface area contributed by atoms with Crippen molar-refractivity contribution in [2.75, 3.05) is 27.3 Å². The zero-order valence-corrected chi connectivity index (χ0v) is 15.9. The molecule has 0 bridgehead atoms. The smallest absolute Gasteiger partial charge is 0.191 e. The number of nitrogens with one attached hydrogen (secondary N) is 2. The Balaban J connectivity index is 1.59. The zero-order valence-electron chi connectivity index (χ0n) is 15.9. The number of fused-ring (bicyclic) bond motifs is 1. The third kappa shape index (κ3) is 4.52. The third-order valence-corrected chi connectivity index (χ3v) is 5.54. The molecule has 0 spiro atoms. The fraction of sp³-hybridized carbons (Fsp3) is 0.524. The van der Waals surface area contributed by atoms with Gasteiger partial charge in [-0.25, -0.2) is 0 Å². The van der Waals surface area contributed by atoms with Gasteiger partial charge >= 0.3 is 0 Å². The van der Waals surface area contributed by atoms with Crippen LogP contribution in [0.2, 0.25) is 0 Å². The van der Waals surface area contributed by atoms with E-state index in [9.17, 15) is 0 Å². The monoisotopic (exact) mass is 354 g/mol. The number of aliphatic imine (C=N–C) groups is 1. The van der Waals surface area contributed by atoms with Crippen molar-refractivity contribution in [3.63, 3.8) is 0 Å². The topological polar surface area (TPSA) is 58.5 Å². The highest BCUT2D eigenvalue weighted by Gasteiger charge is 2.33. The van der Waals surface area contributed by atoms with Gasteiger partial charge in [-0.15, -0.1) is 0 Å². The Labute approximate surface area is 156 Å². The summed E-state index contributed by atoms with van der Waals surface area (Å²) in [5.74, 6) is 0.856. The molecular weight excluding hydrogens is 324 g/mol. The van der Waals surface area contributed by atoms with E-state index in [1.54, 1.807) is 7.11 Å². The van der Waals surface area contributed by atoms with Gasteiger partial charge in [-0.1, -0.05) is 31.0 Å². The lowest BCUT2D eigenvalue weighted by molar-refractivity contribution is 0.138. The number of nitrogens with zero attached hydrogens (tertiary/aromatic N) is 2. The van der Waals surface area contributed by atoms with Crippen molar-refractivity contribution in [3.8, 4) is 0 Å². The molecule has 1 saturated carbocycles. The van der Waals surface area contributed by atoms with Gasteiger partial charge in [0.05, 0.1) is 5.52 Å². The van der Waals surface area contributed by atoms with E-state index >= 15 is 0 Å². The van der Waals surface area contributed by atoms with E-state index in [1.165, 1.54) is 36.6 Å². The number of methoxy groups -OCH3 is 1. The Bertz CT molecular complexity index is 732. The normalized spacial score (nSPS) is 16.8. The van der Waals surface area contributed by atoms with Crippen LogP contribution in [-0.2, 0) is 11.3 Å². The minimum Gasteiger partial charge on any atom is -0.385 e. The van der Waals surface area contributed by atoms with Gasteiger partial charge in [0.15, 0.2) is 5.96 Å². The highest BCUT2D eigenvalue weighted by molar-refractivity contribution is 5.83. The van der Waals surface area contributed by atoms with Crippen molar-refractivity contribution >= 4 is 16.9 Å². The van der Waals surface area contributed by atoms with E-state index in [1.807, 2.05) is 25.4 Å². The summed E-state index contributed by atoms with van der Waals surface area (Å²) in [5, 5.41) is 8.19. The van der Waals surface area contributed by atoms with Gasteiger partial charge in [0.2, 0.25) is 0 Å². The Morgan fingerprint density at radius 2 is 2.00 bits per heavy atom. The van der Waals surface area contributed by atoms with E-state index in [-0.39, 0.29) is 0 Å². The van der Waals surface area contributed by atoms with Gasteiger partial charge in [-0.05, 0) is 42.4 Å². The zero-order chi connectivity index (χ0) is 18.2. The lowest BCUT2D eigenvalue weighted by Crippen LogP contribution is -2.43. The number of ether oxygens (including phenoxy) is 1. The first-order valence-corrected chi connectivity index (χ1v) is 9.52. The summed E-state index contributed by atoms with van der Waals surface area (Å²) in [6.45, 7) is 2.51. The van der Waals surface area contributed by atoms with Gasteiger partial charge in [0.1, 0.15) is 0 Å². The van der Waals surface area contributed by atoms with Crippen LogP contribution in [0.3, 0.4) is 0 Å². The highest BCUT2D eigenvalue weighted by Crippen LogP contribution is 2.40. The van der Waals surface area contributed by atoms with E-state index < -0.39 is 0 Å². The van der Waals surface area contributed by atoms with Gasteiger partial charge in [-0.2, -0.15) is 0 Å². The summed E-state index contributed by atoms with van der Waals surface area (Å²) in [7, 11) is 3.62. The second-order valence-electron chi connectivity index (χ2n) is 7.22. The lowest BCUT2D eigenvalue weighted by atomic mass is 9.83. The molecular formula is C21H30N4O. The number of rotatable bonds is 7. The first kappa shape index (κ1) is 18.6. The van der Waals surface area contributed by atoms with Gasteiger partial charge in [0.25, 0.3) is 0 Å². The molecule has 1 aliphatic rings. The summed E-state index contributed by atoms with van der Waals surface area (Å²) >= 11 is 0. The highest BCUT2D eigenvalue weighted by atomic mass is 16.5. The number of pyridine rings is 1. The average molecular weight is 354 g/mol. The van der Waals surface area contributed by atoms with Crippen molar-refractivity contribution in [3.05, 3.63) is 42.1 Å². The van der Waals surface area contributed by atoms with Gasteiger partial charge in [-0.3, -0.25) is 9.98 Å². The molecule has 0 unspecified atom stereocenters. The van der Waals surface area contributed by atoms with Crippen LogP contribution in [0.5, 0.6) is 0 Å². The minimum atomic E-state index is 0.344. The molecule has 1 aromatic carbocycles. The molecule has 0 radical (unpaired) electrons. The number of guanidine groups is 1. The number of para-hydroxylation sites is 1. The van der Waals surface area contributed by atoms with Crippen LogP contribution >= 0.6 is 0 Å². The summed E-state index contributed by atoms with van der Waals surface area (Å²) < 4.78 is 5.33. The maximum Gasteiger partial charge on any atom is 0.191 e. The second-order valence-corrected chi connectivity index (χ2v) is 7.22. The summed E-state index contributed by atoms with van der Waals surface area (Å²) in [4.78, 5) is 8.83. The Kier molecular flexibility index (Phi) is 6.45. The first-order valence-electron chi connectivity index (χ1n) is 9.52. The van der Waals surface area contributed by atoms with Crippen LogP contribution in [0.15, 0.2) is 41.5 Å². The molecule has 140 valence electrons. The molecule has 0 atom stereocenters. The predicted molar refractivity (Wildman–Crippen MR) is 107 cm³/mol.